The Morgan fingerprint density at radius 2 is 1.73 bits per heavy atom. The second-order valence-corrected chi connectivity index (χ2v) is 9.04. The van der Waals surface area contributed by atoms with Gasteiger partial charge in [-0.1, -0.05) is 58.2 Å². The largest absolute Gasteiger partial charge is 0.391 e. The molecule has 0 saturated heterocycles. The van der Waals surface area contributed by atoms with E-state index >= 15 is 0 Å². The summed E-state index contributed by atoms with van der Waals surface area (Å²) in [6, 6.07) is 8.00. The first-order chi connectivity index (χ1) is 9.88. The van der Waals surface area contributed by atoms with Crippen LogP contribution in [0.1, 0.15) is 64.5 Å². The van der Waals surface area contributed by atoms with E-state index in [0.29, 0.717) is 5.92 Å². The van der Waals surface area contributed by atoms with E-state index in [-0.39, 0.29) is 23.2 Å². The van der Waals surface area contributed by atoms with E-state index < -0.39 is 6.10 Å². The van der Waals surface area contributed by atoms with Crippen molar-refractivity contribution in [3.63, 3.8) is 0 Å². The fraction of sp³-hybridized carbons (Fsp3) is 0.667. The number of nitrogens with two attached hydrogens (primary N) is 1. The van der Waals surface area contributed by atoms with Gasteiger partial charge in [-0.2, -0.15) is 0 Å². The smallest absolute Gasteiger partial charge is 0.0761 e. The number of aliphatic hydroxyl groups excluding tert-OH is 1. The minimum absolute atomic E-state index is 0. The van der Waals surface area contributed by atoms with Crippen molar-refractivity contribution in [3.8, 4) is 0 Å². The van der Waals surface area contributed by atoms with E-state index in [1.54, 1.807) is 0 Å². The maximum absolute atomic E-state index is 10.7. The highest BCUT2D eigenvalue weighted by Gasteiger charge is 2.29. The summed E-state index contributed by atoms with van der Waals surface area (Å²) in [5.41, 5.74) is 7.52. The highest BCUT2D eigenvalue weighted by Crippen LogP contribution is 2.38. The SMILES string of the molecule is CC(C)(C)Sc1ccccc1[C@H](N)[C@H](O)C1CCCCC1.Cl. The van der Waals surface area contributed by atoms with Crippen LogP contribution in [-0.4, -0.2) is 16.0 Å². The average Bonchev–Trinajstić information content (AvgIpc) is 2.45. The minimum Gasteiger partial charge on any atom is -0.391 e. The van der Waals surface area contributed by atoms with E-state index in [4.69, 9.17) is 5.73 Å². The summed E-state index contributed by atoms with van der Waals surface area (Å²) >= 11 is 1.83. The summed E-state index contributed by atoms with van der Waals surface area (Å²) in [5, 5.41) is 10.7. The molecule has 1 aliphatic rings. The first-order valence-corrected chi connectivity index (χ1v) is 8.92. The molecule has 4 heteroatoms. The summed E-state index contributed by atoms with van der Waals surface area (Å²) in [6.45, 7) is 6.62. The first-order valence-electron chi connectivity index (χ1n) is 8.10. The molecule has 1 aliphatic carbocycles. The Morgan fingerprint density at radius 3 is 2.32 bits per heavy atom. The first kappa shape index (κ1) is 19.8. The molecule has 1 aromatic rings. The molecule has 22 heavy (non-hydrogen) atoms. The lowest BCUT2D eigenvalue weighted by molar-refractivity contribution is 0.0611. The zero-order valence-electron chi connectivity index (χ0n) is 13.9. The van der Waals surface area contributed by atoms with Crippen LogP contribution in [0.25, 0.3) is 0 Å². The quantitative estimate of drug-likeness (QED) is 0.761. The van der Waals surface area contributed by atoms with Crippen molar-refractivity contribution in [3.05, 3.63) is 29.8 Å². The van der Waals surface area contributed by atoms with Crippen LogP contribution in [0.15, 0.2) is 29.2 Å². The van der Waals surface area contributed by atoms with Crippen LogP contribution in [0.3, 0.4) is 0 Å². The zero-order valence-corrected chi connectivity index (χ0v) is 15.6. The summed E-state index contributed by atoms with van der Waals surface area (Å²) in [5.74, 6) is 0.362. The van der Waals surface area contributed by atoms with Crippen molar-refractivity contribution in [1.82, 2.24) is 0 Å². The second-order valence-electron chi connectivity index (χ2n) is 7.17. The van der Waals surface area contributed by atoms with Crippen LogP contribution in [0.2, 0.25) is 0 Å². The van der Waals surface area contributed by atoms with Crippen molar-refractivity contribution in [1.29, 1.82) is 0 Å². The van der Waals surface area contributed by atoms with Gasteiger partial charge in [-0.3, -0.25) is 0 Å². The maximum atomic E-state index is 10.7. The fourth-order valence-corrected chi connectivity index (χ4v) is 4.26. The molecule has 126 valence electrons. The van der Waals surface area contributed by atoms with E-state index in [2.05, 4.69) is 39.0 Å². The lowest BCUT2D eigenvalue weighted by Gasteiger charge is -2.32. The topological polar surface area (TPSA) is 46.2 Å². The van der Waals surface area contributed by atoms with Gasteiger partial charge in [-0.15, -0.1) is 24.2 Å². The van der Waals surface area contributed by atoms with Gasteiger partial charge in [0.25, 0.3) is 0 Å². The normalized spacial score (nSPS) is 19.3. The van der Waals surface area contributed by atoms with Gasteiger partial charge in [-0.05, 0) is 30.4 Å². The lowest BCUT2D eigenvalue weighted by atomic mass is 9.81. The number of rotatable bonds is 4. The van der Waals surface area contributed by atoms with Gasteiger partial charge in [0.1, 0.15) is 0 Å². The predicted octanol–water partition coefficient (Wildman–Crippen LogP) is 4.94. The van der Waals surface area contributed by atoms with Gasteiger partial charge in [0.15, 0.2) is 0 Å². The molecule has 0 amide bonds. The molecule has 0 unspecified atom stereocenters. The van der Waals surface area contributed by atoms with E-state index in [1.165, 1.54) is 24.2 Å². The highest BCUT2D eigenvalue weighted by atomic mass is 35.5. The summed E-state index contributed by atoms with van der Waals surface area (Å²) < 4.78 is 0.144. The second kappa shape index (κ2) is 8.58. The third-order valence-electron chi connectivity index (χ3n) is 4.20. The molecule has 2 atom stereocenters. The van der Waals surface area contributed by atoms with Gasteiger partial charge in [0.2, 0.25) is 0 Å². The van der Waals surface area contributed by atoms with Crippen LogP contribution >= 0.6 is 24.2 Å². The van der Waals surface area contributed by atoms with Crippen molar-refractivity contribution < 1.29 is 5.11 Å². The van der Waals surface area contributed by atoms with E-state index in [0.717, 1.165) is 18.4 Å². The molecular weight excluding hydrogens is 314 g/mol. The predicted molar refractivity (Wildman–Crippen MR) is 98.8 cm³/mol. The Hall–Kier alpha value is -0.220. The van der Waals surface area contributed by atoms with Gasteiger partial charge < -0.3 is 10.8 Å². The molecule has 3 N–H and O–H groups in total. The molecule has 1 saturated carbocycles. The monoisotopic (exact) mass is 343 g/mol. The van der Waals surface area contributed by atoms with Gasteiger partial charge in [0.05, 0.1) is 12.1 Å². The van der Waals surface area contributed by atoms with Crippen LogP contribution in [0.5, 0.6) is 0 Å². The van der Waals surface area contributed by atoms with Crippen molar-refractivity contribution in [2.24, 2.45) is 11.7 Å². The minimum atomic E-state index is -0.424. The van der Waals surface area contributed by atoms with E-state index in [1.807, 2.05) is 17.8 Å². The molecule has 0 bridgehead atoms. The van der Waals surface area contributed by atoms with Crippen LogP contribution in [0.4, 0.5) is 0 Å². The summed E-state index contributed by atoms with van der Waals surface area (Å²) in [6.07, 6.45) is 5.56. The molecule has 0 spiro atoms. The molecule has 0 heterocycles. The Bertz CT molecular complexity index is 455. The molecule has 0 aromatic heterocycles. The van der Waals surface area contributed by atoms with Gasteiger partial charge >= 0.3 is 0 Å². The maximum Gasteiger partial charge on any atom is 0.0761 e. The standard InChI is InChI=1S/C18H29NOS.ClH/c1-18(2,3)21-15-12-8-7-11-14(15)16(19)17(20)13-9-5-4-6-10-13;/h7-8,11-13,16-17,20H,4-6,9-10,19H2,1-3H3;1H/t16-,17+;/m0./s1. The van der Waals surface area contributed by atoms with Crippen molar-refractivity contribution >= 4 is 24.2 Å². The molecule has 0 aliphatic heterocycles. The third kappa shape index (κ3) is 5.45. The molecule has 2 nitrogen and oxygen atoms in total. The Morgan fingerprint density at radius 1 is 1.14 bits per heavy atom. The van der Waals surface area contributed by atoms with E-state index in [9.17, 15) is 5.11 Å². The average molecular weight is 344 g/mol. The molecule has 2 rings (SSSR count). The van der Waals surface area contributed by atoms with Crippen molar-refractivity contribution in [2.45, 2.75) is 74.7 Å². The van der Waals surface area contributed by atoms with Gasteiger partial charge in [0, 0.05) is 9.64 Å². The summed E-state index contributed by atoms with van der Waals surface area (Å²) in [4.78, 5) is 1.20. The number of halogens is 1. The van der Waals surface area contributed by atoms with Gasteiger partial charge in [-0.25, -0.2) is 0 Å². The van der Waals surface area contributed by atoms with Crippen LogP contribution in [0, 0.1) is 5.92 Å². The Kier molecular flexibility index (Phi) is 7.73. The molecular formula is C18H30ClNOS. The fourth-order valence-electron chi connectivity index (χ4n) is 3.13. The number of thioether (sulfide) groups is 1. The molecule has 1 fully saturated rings. The highest BCUT2D eigenvalue weighted by molar-refractivity contribution is 8.00. The number of benzene rings is 1. The third-order valence-corrected chi connectivity index (χ3v) is 5.40. The lowest BCUT2D eigenvalue weighted by Crippen LogP contribution is -2.34. The summed E-state index contributed by atoms with van der Waals surface area (Å²) in [7, 11) is 0. The molecule has 0 radical (unpaired) electrons. The zero-order chi connectivity index (χ0) is 15.5. The van der Waals surface area contributed by atoms with Crippen LogP contribution in [-0.2, 0) is 0 Å². The molecule has 1 aromatic carbocycles. The number of hydrogen-bond donors (Lipinski definition) is 2. The number of hydrogen-bond acceptors (Lipinski definition) is 3. The van der Waals surface area contributed by atoms with Crippen LogP contribution < -0.4 is 5.73 Å². The Balaban J connectivity index is 0.00000242. The Labute approximate surface area is 145 Å². The van der Waals surface area contributed by atoms with Crippen molar-refractivity contribution in [2.75, 3.05) is 0 Å². The number of aliphatic hydroxyl groups is 1.